The Morgan fingerprint density at radius 3 is 2.57 bits per heavy atom. The highest BCUT2D eigenvalue weighted by molar-refractivity contribution is 6.31. The lowest BCUT2D eigenvalue weighted by atomic mass is 10.2. The fourth-order valence-electron chi connectivity index (χ4n) is 3.24. The van der Waals surface area contributed by atoms with E-state index >= 15 is 0 Å². The Balaban J connectivity index is 1.72. The van der Waals surface area contributed by atoms with Crippen molar-refractivity contribution in [3.8, 4) is 17.1 Å². The quantitative estimate of drug-likeness (QED) is 0.677. The molecule has 0 atom stereocenters. The number of nitrogens with zero attached hydrogens (tertiary/aromatic N) is 4. The van der Waals surface area contributed by atoms with Crippen molar-refractivity contribution in [3.05, 3.63) is 65.5 Å². The number of amides is 1. The van der Waals surface area contributed by atoms with E-state index in [2.05, 4.69) is 15.4 Å². The Labute approximate surface area is 166 Å². The number of hydrogen-bond donors (Lipinski definition) is 1. The lowest BCUT2D eigenvalue weighted by Gasteiger charge is -2.26. The summed E-state index contributed by atoms with van der Waals surface area (Å²) in [4.78, 5) is 21.3. The normalized spacial score (nSPS) is 14.8. The van der Waals surface area contributed by atoms with Crippen molar-refractivity contribution in [2.24, 2.45) is 0 Å². The van der Waals surface area contributed by atoms with E-state index in [0.717, 1.165) is 25.9 Å². The number of benzene rings is 1. The SMILES string of the molecule is O=C(NN1CCCCC1)c1cn(-c2ccc(F)cc2)c(-c2cccnc2Cl)n1. The van der Waals surface area contributed by atoms with Gasteiger partial charge in [0, 0.05) is 31.2 Å². The largest absolute Gasteiger partial charge is 0.299 e. The minimum absolute atomic E-state index is 0.254. The van der Waals surface area contributed by atoms with Gasteiger partial charge in [-0.15, -0.1) is 0 Å². The minimum atomic E-state index is -0.340. The van der Waals surface area contributed by atoms with Gasteiger partial charge in [0.25, 0.3) is 5.91 Å². The number of nitrogens with one attached hydrogen (secondary N) is 1. The van der Waals surface area contributed by atoms with Gasteiger partial charge in [-0.1, -0.05) is 18.0 Å². The number of halogens is 2. The molecule has 3 heterocycles. The zero-order valence-electron chi connectivity index (χ0n) is 15.1. The van der Waals surface area contributed by atoms with Gasteiger partial charge in [-0.3, -0.25) is 14.8 Å². The highest BCUT2D eigenvalue weighted by atomic mass is 35.5. The van der Waals surface area contributed by atoms with E-state index in [4.69, 9.17) is 11.6 Å². The van der Waals surface area contributed by atoms with Gasteiger partial charge in [-0.2, -0.15) is 0 Å². The first-order valence-electron chi connectivity index (χ1n) is 9.14. The molecule has 28 heavy (non-hydrogen) atoms. The third-order valence-electron chi connectivity index (χ3n) is 4.66. The van der Waals surface area contributed by atoms with Crippen molar-refractivity contribution in [2.45, 2.75) is 19.3 Å². The summed E-state index contributed by atoms with van der Waals surface area (Å²) in [5.41, 5.74) is 4.42. The number of carbonyl (C=O) groups is 1. The van der Waals surface area contributed by atoms with Crippen LogP contribution in [0.25, 0.3) is 17.1 Å². The first-order chi connectivity index (χ1) is 13.6. The number of hydrogen-bond acceptors (Lipinski definition) is 4. The van der Waals surface area contributed by atoms with Crippen LogP contribution in [0.3, 0.4) is 0 Å². The van der Waals surface area contributed by atoms with E-state index in [1.54, 1.807) is 41.2 Å². The van der Waals surface area contributed by atoms with Crippen LogP contribution in [0.4, 0.5) is 4.39 Å². The average molecular weight is 400 g/mol. The second-order valence-corrected chi connectivity index (χ2v) is 6.98. The average Bonchev–Trinajstić information content (AvgIpc) is 3.15. The molecule has 0 spiro atoms. The number of rotatable bonds is 4. The molecule has 0 saturated carbocycles. The molecular weight excluding hydrogens is 381 g/mol. The maximum Gasteiger partial charge on any atom is 0.285 e. The third kappa shape index (κ3) is 3.90. The topological polar surface area (TPSA) is 63.1 Å². The van der Waals surface area contributed by atoms with Crippen LogP contribution in [0.5, 0.6) is 0 Å². The molecule has 6 nitrogen and oxygen atoms in total. The number of carbonyl (C=O) groups excluding carboxylic acids is 1. The first-order valence-corrected chi connectivity index (χ1v) is 9.52. The molecule has 1 N–H and O–H groups in total. The van der Waals surface area contributed by atoms with Crippen molar-refractivity contribution in [1.29, 1.82) is 0 Å². The van der Waals surface area contributed by atoms with Crippen molar-refractivity contribution < 1.29 is 9.18 Å². The summed E-state index contributed by atoms with van der Waals surface area (Å²) >= 11 is 6.25. The maximum absolute atomic E-state index is 13.4. The lowest BCUT2D eigenvalue weighted by Crippen LogP contribution is -2.45. The molecule has 1 amide bonds. The Morgan fingerprint density at radius 2 is 1.86 bits per heavy atom. The summed E-state index contributed by atoms with van der Waals surface area (Å²) in [6.45, 7) is 1.65. The standard InChI is InChI=1S/C20H19ClFN5O/c21-18-16(5-4-10-23-18)19-24-17(20(28)25-26-11-2-1-3-12-26)13-27(19)15-8-6-14(22)7-9-15/h4-10,13H,1-3,11-12H2,(H,25,28). The fourth-order valence-corrected chi connectivity index (χ4v) is 3.44. The summed E-state index contributed by atoms with van der Waals surface area (Å²) in [6.07, 6.45) is 6.50. The summed E-state index contributed by atoms with van der Waals surface area (Å²) in [7, 11) is 0. The zero-order valence-corrected chi connectivity index (χ0v) is 15.9. The zero-order chi connectivity index (χ0) is 19.5. The van der Waals surface area contributed by atoms with E-state index in [1.807, 2.05) is 5.01 Å². The van der Waals surface area contributed by atoms with Gasteiger partial charge in [-0.05, 0) is 49.2 Å². The van der Waals surface area contributed by atoms with Crippen LogP contribution >= 0.6 is 11.6 Å². The lowest BCUT2D eigenvalue weighted by molar-refractivity contribution is 0.0745. The van der Waals surface area contributed by atoms with Gasteiger partial charge in [-0.25, -0.2) is 19.4 Å². The molecule has 1 saturated heterocycles. The predicted octanol–water partition coefficient (Wildman–Crippen LogP) is 3.86. The van der Waals surface area contributed by atoms with Crippen LogP contribution in [-0.4, -0.2) is 38.5 Å². The van der Waals surface area contributed by atoms with E-state index in [9.17, 15) is 9.18 Å². The molecule has 0 unspecified atom stereocenters. The molecule has 0 radical (unpaired) electrons. The summed E-state index contributed by atoms with van der Waals surface area (Å²) in [5.74, 6) is -0.162. The first kappa shape index (κ1) is 18.6. The second kappa shape index (κ2) is 8.08. The van der Waals surface area contributed by atoms with Crippen LogP contribution < -0.4 is 5.43 Å². The molecule has 0 bridgehead atoms. The van der Waals surface area contributed by atoms with Crippen molar-refractivity contribution in [3.63, 3.8) is 0 Å². The Kier molecular flexibility index (Phi) is 5.36. The molecule has 3 aromatic rings. The molecule has 1 fully saturated rings. The van der Waals surface area contributed by atoms with Crippen LogP contribution in [0, 0.1) is 5.82 Å². The summed E-state index contributed by atoms with van der Waals surface area (Å²) in [6, 6.07) is 9.49. The van der Waals surface area contributed by atoms with Gasteiger partial charge >= 0.3 is 0 Å². The molecule has 4 rings (SSSR count). The Morgan fingerprint density at radius 1 is 1.11 bits per heavy atom. The summed E-state index contributed by atoms with van der Waals surface area (Å²) in [5, 5.41) is 2.19. The molecule has 0 aliphatic carbocycles. The molecule has 144 valence electrons. The highest BCUT2D eigenvalue weighted by Crippen LogP contribution is 2.28. The predicted molar refractivity (Wildman–Crippen MR) is 105 cm³/mol. The Bertz CT molecular complexity index is 983. The van der Waals surface area contributed by atoms with Gasteiger partial charge in [0.15, 0.2) is 0 Å². The highest BCUT2D eigenvalue weighted by Gasteiger charge is 2.21. The van der Waals surface area contributed by atoms with E-state index in [1.165, 1.54) is 18.6 Å². The van der Waals surface area contributed by atoms with Gasteiger partial charge in [0.05, 0.1) is 5.56 Å². The maximum atomic E-state index is 13.4. The van der Waals surface area contributed by atoms with Crippen LogP contribution in [0.15, 0.2) is 48.8 Å². The molecular formula is C20H19ClFN5O. The van der Waals surface area contributed by atoms with Gasteiger partial charge < -0.3 is 0 Å². The minimum Gasteiger partial charge on any atom is -0.299 e. The third-order valence-corrected chi connectivity index (χ3v) is 4.96. The van der Waals surface area contributed by atoms with Crippen molar-refractivity contribution >= 4 is 17.5 Å². The second-order valence-electron chi connectivity index (χ2n) is 6.63. The van der Waals surface area contributed by atoms with Gasteiger partial charge in [0.1, 0.15) is 22.5 Å². The van der Waals surface area contributed by atoms with Crippen LogP contribution in [-0.2, 0) is 0 Å². The van der Waals surface area contributed by atoms with E-state index in [-0.39, 0.29) is 22.6 Å². The van der Waals surface area contributed by atoms with Crippen molar-refractivity contribution in [1.82, 2.24) is 25.0 Å². The number of imidazole rings is 1. The van der Waals surface area contributed by atoms with E-state index < -0.39 is 0 Å². The van der Waals surface area contributed by atoms with Crippen molar-refractivity contribution in [2.75, 3.05) is 13.1 Å². The number of piperidine rings is 1. The molecule has 1 aliphatic rings. The van der Waals surface area contributed by atoms with E-state index in [0.29, 0.717) is 17.1 Å². The molecule has 1 aliphatic heterocycles. The molecule has 1 aromatic carbocycles. The fraction of sp³-hybridized carbons (Fsp3) is 0.250. The number of aromatic nitrogens is 3. The number of pyridine rings is 1. The molecule has 8 heteroatoms. The van der Waals surface area contributed by atoms with Crippen LogP contribution in [0.2, 0.25) is 5.15 Å². The number of hydrazine groups is 1. The molecule has 2 aromatic heterocycles. The summed E-state index contributed by atoms with van der Waals surface area (Å²) < 4.78 is 15.1. The van der Waals surface area contributed by atoms with Crippen LogP contribution in [0.1, 0.15) is 29.8 Å². The monoisotopic (exact) mass is 399 g/mol. The Hall–Kier alpha value is -2.77. The smallest absolute Gasteiger partial charge is 0.285 e. The van der Waals surface area contributed by atoms with Gasteiger partial charge in [0.2, 0.25) is 0 Å².